The Morgan fingerprint density at radius 2 is 1.74 bits per heavy atom. The van der Waals surface area contributed by atoms with Gasteiger partial charge in [0.1, 0.15) is 12.4 Å². The molecule has 35 heavy (non-hydrogen) atoms. The molecule has 1 N–H and O–H groups in total. The predicted octanol–water partition coefficient (Wildman–Crippen LogP) is 5.55. The molecular weight excluding hydrogens is 436 g/mol. The third-order valence-corrected chi connectivity index (χ3v) is 6.74. The number of fused-ring (bicyclic) bond motifs is 1. The molecule has 5 nitrogen and oxygen atoms in total. The molecule has 0 saturated carbocycles. The van der Waals surface area contributed by atoms with E-state index < -0.39 is 0 Å². The highest BCUT2D eigenvalue weighted by Gasteiger charge is 2.20. The van der Waals surface area contributed by atoms with E-state index in [4.69, 9.17) is 9.47 Å². The summed E-state index contributed by atoms with van der Waals surface area (Å²) in [5.74, 6) is 0.565. The average Bonchev–Trinajstić information content (AvgIpc) is 2.90. The van der Waals surface area contributed by atoms with Crippen LogP contribution in [0.1, 0.15) is 42.6 Å². The van der Waals surface area contributed by atoms with Gasteiger partial charge in [0.15, 0.2) is 0 Å². The number of rotatable bonds is 9. The summed E-state index contributed by atoms with van der Waals surface area (Å²) in [4.78, 5) is 14.3. The van der Waals surface area contributed by atoms with E-state index in [1.165, 1.54) is 12.5 Å². The van der Waals surface area contributed by atoms with Crippen LogP contribution in [-0.4, -0.2) is 56.3 Å². The van der Waals surface area contributed by atoms with Gasteiger partial charge in [-0.25, -0.2) is 4.79 Å². The van der Waals surface area contributed by atoms with Crippen molar-refractivity contribution in [1.29, 1.82) is 0 Å². The Morgan fingerprint density at radius 1 is 1.03 bits per heavy atom. The largest absolute Gasteiger partial charge is 0.489 e. The van der Waals surface area contributed by atoms with Crippen molar-refractivity contribution >= 4 is 22.8 Å². The van der Waals surface area contributed by atoms with Crippen molar-refractivity contribution in [1.82, 2.24) is 10.2 Å². The first kappa shape index (κ1) is 25.0. The van der Waals surface area contributed by atoms with Crippen LogP contribution in [0.25, 0.3) is 16.8 Å². The number of hydrogen-bond donors (Lipinski definition) is 1. The Kier molecular flexibility index (Phi) is 8.56. The van der Waals surface area contributed by atoms with E-state index in [0.29, 0.717) is 24.3 Å². The molecule has 5 heteroatoms. The van der Waals surface area contributed by atoms with E-state index in [0.717, 1.165) is 54.7 Å². The lowest BCUT2D eigenvalue weighted by molar-refractivity contribution is 0.0600. The second-order valence-corrected chi connectivity index (χ2v) is 9.47. The van der Waals surface area contributed by atoms with Crippen LogP contribution in [0.3, 0.4) is 0 Å². The molecule has 0 atom stereocenters. The van der Waals surface area contributed by atoms with Gasteiger partial charge in [0.25, 0.3) is 0 Å². The number of nitrogens with zero attached hydrogens (tertiary/aromatic N) is 1. The van der Waals surface area contributed by atoms with Gasteiger partial charge in [-0.1, -0.05) is 54.6 Å². The molecule has 0 spiro atoms. The van der Waals surface area contributed by atoms with Gasteiger partial charge in [0.05, 0.1) is 12.7 Å². The minimum atomic E-state index is -0.325. The van der Waals surface area contributed by atoms with Crippen molar-refractivity contribution < 1.29 is 14.3 Å². The van der Waals surface area contributed by atoms with Crippen LogP contribution in [0.15, 0.2) is 72.3 Å². The van der Waals surface area contributed by atoms with E-state index in [-0.39, 0.29) is 5.97 Å². The second-order valence-electron chi connectivity index (χ2n) is 9.47. The highest BCUT2D eigenvalue weighted by atomic mass is 16.5. The Hall–Kier alpha value is -3.15. The number of carbonyl (C=O) groups is 1. The zero-order valence-corrected chi connectivity index (χ0v) is 21.0. The van der Waals surface area contributed by atoms with Crippen LogP contribution >= 0.6 is 0 Å². The maximum absolute atomic E-state index is 11.8. The highest BCUT2D eigenvalue weighted by Crippen LogP contribution is 2.26. The van der Waals surface area contributed by atoms with Crippen molar-refractivity contribution in [3.63, 3.8) is 0 Å². The second kappa shape index (κ2) is 12.0. The Balaban J connectivity index is 1.47. The number of piperidine rings is 1. The van der Waals surface area contributed by atoms with Gasteiger partial charge < -0.3 is 19.7 Å². The first-order valence-electron chi connectivity index (χ1n) is 12.5. The first-order chi connectivity index (χ1) is 17.0. The minimum absolute atomic E-state index is 0.325. The molecule has 0 unspecified atom stereocenters. The van der Waals surface area contributed by atoms with Crippen LogP contribution in [0.5, 0.6) is 5.75 Å². The average molecular weight is 473 g/mol. The molecule has 1 aliphatic rings. The summed E-state index contributed by atoms with van der Waals surface area (Å²) in [5.41, 5.74) is 2.74. The molecule has 4 rings (SSSR count). The predicted molar refractivity (Wildman–Crippen MR) is 143 cm³/mol. The third-order valence-electron chi connectivity index (χ3n) is 6.74. The van der Waals surface area contributed by atoms with Crippen molar-refractivity contribution in [2.24, 2.45) is 0 Å². The van der Waals surface area contributed by atoms with Crippen LogP contribution in [0.2, 0.25) is 0 Å². The summed E-state index contributed by atoms with van der Waals surface area (Å²) >= 11 is 0. The highest BCUT2D eigenvalue weighted by molar-refractivity contribution is 5.89. The molecular formula is C30H36N2O3. The topological polar surface area (TPSA) is 50.8 Å². The van der Waals surface area contributed by atoms with Gasteiger partial charge in [-0.2, -0.15) is 0 Å². The fourth-order valence-electron chi connectivity index (χ4n) is 4.60. The summed E-state index contributed by atoms with van der Waals surface area (Å²) < 4.78 is 11.2. The Bertz CT molecular complexity index is 1140. The van der Waals surface area contributed by atoms with Crippen molar-refractivity contribution in [2.45, 2.75) is 38.8 Å². The van der Waals surface area contributed by atoms with E-state index >= 15 is 0 Å². The van der Waals surface area contributed by atoms with Crippen molar-refractivity contribution in [2.75, 3.05) is 33.4 Å². The summed E-state index contributed by atoms with van der Waals surface area (Å²) in [6.07, 6.45) is 4.47. The van der Waals surface area contributed by atoms with Gasteiger partial charge in [-0.3, -0.25) is 0 Å². The number of esters is 1. The Morgan fingerprint density at radius 3 is 2.46 bits per heavy atom. The number of ether oxygens (including phenoxy) is 2. The molecule has 1 heterocycles. The van der Waals surface area contributed by atoms with Gasteiger partial charge >= 0.3 is 5.97 Å². The van der Waals surface area contributed by atoms with E-state index in [1.807, 2.05) is 36.4 Å². The zero-order chi connectivity index (χ0) is 24.6. The number of hydrogen-bond acceptors (Lipinski definition) is 5. The maximum atomic E-state index is 11.8. The lowest BCUT2D eigenvalue weighted by Gasteiger charge is -2.35. The molecule has 0 radical (unpaired) electrons. The molecule has 3 aromatic rings. The summed E-state index contributed by atoms with van der Waals surface area (Å²) in [5, 5.41) is 6.05. The van der Waals surface area contributed by atoms with Gasteiger partial charge in [0.2, 0.25) is 0 Å². The number of carbonyl (C=O) groups excluding carboxylic acids is 1. The van der Waals surface area contributed by atoms with E-state index in [1.54, 1.807) is 12.1 Å². The first-order valence-corrected chi connectivity index (χ1v) is 12.5. The standard InChI is InChI=1S/C30H36N2O3/c1-22(2)32-17-15-27(16-18-32)31-20-24(19-23-11-13-26(14-12-23)30(33)34-3)21-35-29-10-6-8-25-7-4-5-9-28(25)29/h4-14,19,22,27,31H,15-18,20-21H2,1-3H3/b24-19-. The lowest BCUT2D eigenvalue weighted by Crippen LogP contribution is -2.45. The van der Waals surface area contributed by atoms with Crippen molar-refractivity contribution in [3.05, 3.63) is 83.4 Å². The molecule has 0 amide bonds. The quantitative estimate of drug-likeness (QED) is 0.414. The number of likely N-dealkylation sites (tertiary alicyclic amines) is 1. The third kappa shape index (κ3) is 6.71. The number of benzene rings is 3. The van der Waals surface area contributed by atoms with Crippen LogP contribution in [0, 0.1) is 0 Å². The molecule has 184 valence electrons. The number of methoxy groups -OCH3 is 1. The fourth-order valence-corrected chi connectivity index (χ4v) is 4.60. The lowest BCUT2D eigenvalue weighted by atomic mass is 10.0. The Labute approximate surface area is 208 Å². The van der Waals surface area contributed by atoms with E-state index in [2.05, 4.69) is 48.3 Å². The minimum Gasteiger partial charge on any atom is -0.489 e. The molecule has 0 aromatic heterocycles. The zero-order valence-electron chi connectivity index (χ0n) is 21.0. The molecule has 1 fully saturated rings. The molecule has 1 aliphatic heterocycles. The van der Waals surface area contributed by atoms with Gasteiger partial charge in [-0.15, -0.1) is 0 Å². The van der Waals surface area contributed by atoms with Crippen LogP contribution in [-0.2, 0) is 4.74 Å². The normalized spacial score (nSPS) is 15.5. The monoisotopic (exact) mass is 472 g/mol. The smallest absolute Gasteiger partial charge is 0.337 e. The molecule has 3 aromatic carbocycles. The van der Waals surface area contributed by atoms with Crippen molar-refractivity contribution in [3.8, 4) is 5.75 Å². The SMILES string of the molecule is COC(=O)c1ccc(/C=C(/CNC2CCN(C(C)C)CC2)COc2cccc3ccccc23)cc1. The maximum Gasteiger partial charge on any atom is 0.337 e. The van der Waals surface area contributed by atoms with Gasteiger partial charge in [0, 0.05) is 24.0 Å². The summed E-state index contributed by atoms with van der Waals surface area (Å²) in [6, 6.07) is 23.1. The van der Waals surface area contributed by atoms with E-state index in [9.17, 15) is 4.79 Å². The van der Waals surface area contributed by atoms with Crippen LogP contribution < -0.4 is 10.1 Å². The molecule has 0 aliphatic carbocycles. The van der Waals surface area contributed by atoms with Crippen LogP contribution in [0.4, 0.5) is 0 Å². The number of nitrogens with one attached hydrogen (secondary N) is 1. The summed E-state index contributed by atoms with van der Waals surface area (Å²) in [7, 11) is 1.40. The fraction of sp³-hybridized carbons (Fsp3) is 0.367. The van der Waals surface area contributed by atoms with Gasteiger partial charge in [-0.05, 0) is 74.5 Å². The molecule has 0 bridgehead atoms. The summed E-state index contributed by atoms with van der Waals surface area (Å²) in [6.45, 7) is 8.06. The molecule has 1 saturated heterocycles.